The summed E-state index contributed by atoms with van der Waals surface area (Å²) in [5.41, 5.74) is 2.66. The lowest BCUT2D eigenvalue weighted by atomic mass is 10.1. The minimum absolute atomic E-state index is 0.0733. The van der Waals surface area contributed by atoms with E-state index in [1.54, 1.807) is 12.1 Å². The number of aryl methyl sites for hydroxylation is 2. The van der Waals surface area contributed by atoms with Crippen LogP contribution in [-0.4, -0.2) is 22.0 Å². The fourth-order valence-electron chi connectivity index (χ4n) is 1.99. The third-order valence-electron chi connectivity index (χ3n) is 3.13. The number of carbonyl (C=O) groups is 2. The standard InChI is InChI=1S/C17H18N2O4/c1-11-3-5-14(12(2)9-11)23-16-7-4-13(10-18-16)19-15(20)6-8-17(21)22/h3-5,7,9-10H,6,8H2,1-2H3,(H,19,20)(H,21,22). The van der Waals surface area contributed by atoms with Gasteiger partial charge in [-0.1, -0.05) is 17.7 Å². The topological polar surface area (TPSA) is 88.5 Å². The highest BCUT2D eigenvalue weighted by molar-refractivity contribution is 5.92. The van der Waals surface area contributed by atoms with Crippen molar-refractivity contribution in [3.8, 4) is 11.6 Å². The first-order chi connectivity index (χ1) is 10.9. The lowest BCUT2D eigenvalue weighted by Gasteiger charge is -2.09. The normalized spacial score (nSPS) is 10.2. The van der Waals surface area contributed by atoms with Crippen molar-refractivity contribution in [1.82, 2.24) is 4.98 Å². The first-order valence-corrected chi connectivity index (χ1v) is 7.17. The van der Waals surface area contributed by atoms with E-state index in [0.717, 1.165) is 16.9 Å². The molecule has 0 aliphatic rings. The number of pyridine rings is 1. The van der Waals surface area contributed by atoms with Gasteiger partial charge < -0.3 is 15.2 Å². The van der Waals surface area contributed by atoms with Crippen molar-refractivity contribution in [1.29, 1.82) is 0 Å². The summed E-state index contributed by atoms with van der Waals surface area (Å²) in [6, 6.07) is 9.16. The van der Waals surface area contributed by atoms with Crippen LogP contribution in [0.25, 0.3) is 0 Å². The van der Waals surface area contributed by atoms with E-state index in [2.05, 4.69) is 10.3 Å². The SMILES string of the molecule is Cc1ccc(Oc2ccc(NC(=O)CCC(=O)O)cn2)c(C)c1. The summed E-state index contributed by atoms with van der Waals surface area (Å²) in [6.07, 6.45) is 1.20. The molecule has 0 bridgehead atoms. The van der Waals surface area contributed by atoms with E-state index in [9.17, 15) is 9.59 Å². The monoisotopic (exact) mass is 314 g/mol. The second kappa shape index (κ2) is 7.40. The van der Waals surface area contributed by atoms with Crippen molar-refractivity contribution in [2.75, 3.05) is 5.32 Å². The van der Waals surface area contributed by atoms with Crippen LogP contribution >= 0.6 is 0 Å². The molecule has 2 aromatic rings. The Kier molecular flexibility index (Phi) is 5.30. The lowest BCUT2D eigenvalue weighted by Crippen LogP contribution is -2.13. The number of carboxylic acid groups (broad SMARTS) is 1. The van der Waals surface area contributed by atoms with Crippen molar-refractivity contribution in [3.63, 3.8) is 0 Å². The number of ether oxygens (including phenoxy) is 1. The summed E-state index contributed by atoms with van der Waals surface area (Å²) in [7, 11) is 0. The quantitative estimate of drug-likeness (QED) is 0.854. The number of hydrogen-bond acceptors (Lipinski definition) is 4. The molecule has 1 amide bonds. The number of hydrogen-bond donors (Lipinski definition) is 2. The molecule has 120 valence electrons. The minimum Gasteiger partial charge on any atom is -0.481 e. The largest absolute Gasteiger partial charge is 0.481 e. The van der Waals surface area contributed by atoms with Crippen molar-refractivity contribution in [2.24, 2.45) is 0 Å². The lowest BCUT2D eigenvalue weighted by molar-refractivity contribution is -0.138. The molecule has 0 saturated carbocycles. The van der Waals surface area contributed by atoms with Crippen molar-refractivity contribution < 1.29 is 19.4 Å². The Morgan fingerprint density at radius 1 is 1.17 bits per heavy atom. The highest BCUT2D eigenvalue weighted by Gasteiger charge is 2.07. The van der Waals surface area contributed by atoms with E-state index >= 15 is 0 Å². The Hall–Kier alpha value is -2.89. The number of anilines is 1. The second-order valence-corrected chi connectivity index (χ2v) is 5.20. The number of aromatic nitrogens is 1. The summed E-state index contributed by atoms with van der Waals surface area (Å²) in [5.74, 6) is -0.227. The zero-order chi connectivity index (χ0) is 16.8. The summed E-state index contributed by atoms with van der Waals surface area (Å²) >= 11 is 0. The molecule has 0 atom stereocenters. The van der Waals surface area contributed by atoms with Gasteiger partial charge in [0.15, 0.2) is 0 Å². The number of nitrogens with zero attached hydrogens (tertiary/aromatic N) is 1. The number of nitrogens with one attached hydrogen (secondary N) is 1. The molecule has 1 aromatic heterocycles. The average molecular weight is 314 g/mol. The van der Waals surface area contributed by atoms with Crippen LogP contribution in [0.5, 0.6) is 11.6 Å². The molecule has 0 radical (unpaired) electrons. The molecule has 0 aliphatic carbocycles. The maximum Gasteiger partial charge on any atom is 0.303 e. The van der Waals surface area contributed by atoms with Crippen LogP contribution in [0.2, 0.25) is 0 Å². The fraction of sp³-hybridized carbons (Fsp3) is 0.235. The van der Waals surface area contributed by atoms with Crippen LogP contribution < -0.4 is 10.1 Å². The van der Waals surface area contributed by atoms with E-state index in [4.69, 9.17) is 9.84 Å². The Morgan fingerprint density at radius 2 is 1.96 bits per heavy atom. The summed E-state index contributed by atoms with van der Waals surface area (Å²) in [5, 5.41) is 11.1. The van der Waals surface area contributed by atoms with E-state index < -0.39 is 5.97 Å². The van der Waals surface area contributed by atoms with Crippen molar-refractivity contribution >= 4 is 17.6 Å². The molecule has 0 spiro atoms. The van der Waals surface area contributed by atoms with Crippen LogP contribution in [0.1, 0.15) is 24.0 Å². The highest BCUT2D eigenvalue weighted by atomic mass is 16.5. The number of rotatable bonds is 6. The van der Waals surface area contributed by atoms with Gasteiger partial charge in [-0.2, -0.15) is 0 Å². The van der Waals surface area contributed by atoms with E-state index in [-0.39, 0.29) is 18.7 Å². The maximum atomic E-state index is 11.5. The highest BCUT2D eigenvalue weighted by Crippen LogP contribution is 2.24. The minimum atomic E-state index is -1.00. The second-order valence-electron chi connectivity index (χ2n) is 5.20. The van der Waals surface area contributed by atoms with E-state index in [0.29, 0.717) is 11.6 Å². The fourth-order valence-corrected chi connectivity index (χ4v) is 1.99. The van der Waals surface area contributed by atoms with Crippen LogP contribution in [0.3, 0.4) is 0 Å². The predicted octanol–water partition coefficient (Wildman–Crippen LogP) is 3.29. The van der Waals surface area contributed by atoms with Gasteiger partial charge in [0, 0.05) is 12.5 Å². The van der Waals surface area contributed by atoms with Gasteiger partial charge >= 0.3 is 5.97 Å². The Labute approximate surface area is 134 Å². The number of carboxylic acids is 1. The first kappa shape index (κ1) is 16.5. The molecule has 6 nitrogen and oxygen atoms in total. The van der Waals surface area contributed by atoms with Gasteiger partial charge in [0.1, 0.15) is 5.75 Å². The Morgan fingerprint density at radius 3 is 2.57 bits per heavy atom. The number of carbonyl (C=O) groups excluding carboxylic acids is 1. The molecule has 0 unspecified atom stereocenters. The van der Waals surface area contributed by atoms with Gasteiger partial charge in [0.2, 0.25) is 11.8 Å². The summed E-state index contributed by atoms with van der Waals surface area (Å²) in [4.78, 5) is 26.1. The van der Waals surface area contributed by atoms with Gasteiger partial charge in [-0.3, -0.25) is 9.59 Å². The zero-order valence-electron chi connectivity index (χ0n) is 13.0. The summed E-state index contributed by atoms with van der Waals surface area (Å²) < 4.78 is 5.70. The van der Waals surface area contributed by atoms with E-state index in [1.807, 2.05) is 32.0 Å². The maximum absolute atomic E-state index is 11.5. The average Bonchev–Trinajstić information content (AvgIpc) is 2.50. The smallest absolute Gasteiger partial charge is 0.303 e. The van der Waals surface area contributed by atoms with Crippen LogP contribution in [0.4, 0.5) is 5.69 Å². The molecule has 2 N–H and O–H groups in total. The first-order valence-electron chi connectivity index (χ1n) is 7.17. The van der Waals surface area contributed by atoms with Crippen LogP contribution in [-0.2, 0) is 9.59 Å². The van der Waals surface area contributed by atoms with Crippen molar-refractivity contribution in [3.05, 3.63) is 47.7 Å². The van der Waals surface area contributed by atoms with Crippen LogP contribution in [0, 0.1) is 13.8 Å². The molecule has 0 saturated heterocycles. The number of amides is 1. The molecule has 2 rings (SSSR count). The molecule has 1 heterocycles. The molecule has 1 aromatic carbocycles. The molecule has 23 heavy (non-hydrogen) atoms. The van der Waals surface area contributed by atoms with Gasteiger partial charge in [0.25, 0.3) is 0 Å². The van der Waals surface area contributed by atoms with Gasteiger partial charge in [-0.15, -0.1) is 0 Å². The molecule has 0 fully saturated rings. The third kappa shape index (κ3) is 5.10. The third-order valence-corrected chi connectivity index (χ3v) is 3.13. The summed E-state index contributed by atoms with van der Waals surface area (Å²) in [6.45, 7) is 3.97. The zero-order valence-corrected chi connectivity index (χ0v) is 13.0. The Balaban J connectivity index is 1.96. The van der Waals surface area contributed by atoms with E-state index in [1.165, 1.54) is 6.20 Å². The molecule has 0 aliphatic heterocycles. The van der Waals surface area contributed by atoms with Crippen LogP contribution in [0.15, 0.2) is 36.5 Å². The van der Waals surface area contributed by atoms with Gasteiger partial charge in [-0.05, 0) is 31.5 Å². The van der Waals surface area contributed by atoms with Crippen molar-refractivity contribution in [2.45, 2.75) is 26.7 Å². The van der Waals surface area contributed by atoms with Gasteiger partial charge in [0.05, 0.1) is 18.3 Å². The predicted molar refractivity (Wildman–Crippen MR) is 85.7 cm³/mol. The molecular formula is C17H18N2O4. The molecule has 6 heteroatoms. The number of benzene rings is 1. The van der Waals surface area contributed by atoms with Gasteiger partial charge in [-0.25, -0.2) is 4.98 Å². The Bertz CT molecular complexity index is 711. The number of aliphatic carboxylic acids is 1. The molecular weight excluding hydrogens is 296 g/mol.